The molecule has 1 aliphatic rings. The van der Waals surface area contributed by atoms with E-state index in [-0.39, 0.29) is 12.3 Å². The molecule has 1 aromatic rings. The average molecular weight is 294 g/mol. The van der Waals surface area contributed by atoms with Crippen molar-refractivity contribution >= 4 is 11.4 Å². The summed E-state index contributed by atoms with van der Waals surface area (Å²) in [5, 5.41) is 19.9. The van der Waals surface area contributed by atoms with E-state index in [1.165, 1.54) is 6.07 Å². The van der Waals surface area contributed by atoms with Crippen LogP contribution in [-0.4, -0.2) is 34.6 Å². The number of piperidine rings is 1. The molecule has 0 radical (unpaired) electrons. The maximum atomic E-state index is 10.9. The predicted molar refractivity (Wildman–Crippen MR) is 80.6 cm³/mol. The Hall–Kier alpha value is -1.70. The van der Waals surface area contributed by atoms with Crippen LogP contribution < -0.4 is 11.3 Å². The number of likely N-dealkylation sites (tertiary alicyclic amines) is 1. The number of nitro benzene ring substituents is 1. The predicted octanol–water partition coefficient (Wildman–Crippen LogP) is 1.47. The van der Waals surface area contributed by atoms with E-state index in [4.69, 9.17) is 10.9 Å². The number of anilines is 1. The zero-order valence-electron chi connectivity index (χ0n) is 12.0. The van der Waals surface area contributed by atoms with E-state index in [0.717, 1.165) is 44.5 Å². The summed E-state index contributed by atoms with van der Waals surface area (Å²) < 4.78 is 0. The van der Waals surface area contributed by atoms with E-state index < -0.39 is 4.92 Å². The number of nitrogen functional groups attached to an aromatic ring is 1. The molecule has 4 N–H and O–H groups in total. The van der Waals surface area contributed by atoms with Gasteiger partial charge in [0.25, 0.3) is 5.69 Å². The Kier molecular flexibility index (Phi) is 5.49. The molecule has 0 aliphatic carbocycles. The molecule has 0 bridgehead atoms. The third-order valence-corrected chi connectivity index (χ3v) is 3.96. The van der Waals surface area contributed by atoms with E-state index in [1.807, 2.05) is 0 Å². The first-order valence-corrected chi connectivity index (χ1v) is 7.21. The van der Waals surface area contributed by atoms with Gasteiger partial charge < -0.3 is 10.5 Å². The molecule has 0 saturated carbocycles. The summed E-state index contributed by atoms with van der Waals surface area (Å²) in [7, 11) is 0. The molecule has 7 heteroatoms. The van der Waals surface area contributed by atoms with Gasteiger partial charge in [-0.2, -0.15) is 0 Å². The summed E-state index contributed by atoms with van der Waals surface area (Å²) >= 11 is 0. The highest BCUT2D eigenvalue weighted by molar-refractivity contribution is 5.62. The highest BCUT2D eigenvalue weighted by Crippen LogP contribution is 2.26. The van der Waals surface area contributed by atoms with Crippen LogP contribution in [0.1, 0.15) is 24.8 Å². The van der Waals surface area contributed by atoms with Gasteiger partial charge in [0.15, 0.2) is 0 Å². The van der Waals surface area contributed by atoms with Gasteiger partial charge in [-0.3, -0.25) is 20.9 Å². The Morgan fingerprint density at radius 3 is 3.00 bits per heavy atom. The topological polar surface area (TPSA) is 105 Å². The highest BCUT2D eigenvalue weighted by atomic mass is 16.6. The van der Waals surface area contributed by atoms with Crippen LogP contribution in [0.3, 0.4) is 0 Å². The summed E-state index contributed by atoms with van der Waals surface area (Å²) in [4.78, 5) is 12.8. The molecular formula is C14H22N4O3. The van der Waals surface area contributed by atoms with Crippen molar-refractivity contribution in [1.82, 2.24) is 4.90 Å². The summed E-state index contributed by atoms with van der Waals surface area (Å²) in [6, 6.07) is 4.99. The largest absolute Gasteiger partial charge is 0.396 e. The second-order valence-corrected chi connectivity index (χ2v) is 5.51. The lowest BCUT2D eigenvalue weighted by molar-refractivity contribution is -0.384. The SMILES string of the molecule is NNc1cc(CN2CCCC(CCO)C2)ccc1[N+](=O)[O-]. The molecule has 0 amide bonds. The van der Waals surface area contributed by atoms with Crippen molar-refractivity contribution in [3.8, 4) is 0 Å². The zero-order valence-corrected chi connectivity index (χ0v) is 12.0. The van der Waals surface area contributed by atoms with Gasteiger partial charge in [-0.25, -0.2) is 0 Å². The Balaban J connectivity index is 2.04. The maximum absolute atomic E-state index is 10.9. The van der Waals surface area contributed by atoms with Gasteiger partial charge in [0.1, 0.15) is 5.69 Å². The second-order valence-electron chi connectivity index (χ2n) is 5.51. The van der Waals surface area contributed by atoms with E-state index in [2.05, 4.69) is 10.3 Å². The Labute approximate surface area is 123 Å². The van der Waals surface area contributed by atoms with E-state index >= 15 is 0 Å². The van der Waals surface area contributed by atoms with Crippen molar-refractivity contribution in [2.75, 3.05) is 25.1 Å². The van der Waals surface area contributed by atoms with Crippen LogP contribution in [0.15, 0.2) is 18.2 Å². The molecule has 0 spiro atoms. The van der Waals surface area contributed by atoms with Gasteiger partial charge in [-0.1, -0.05) is 6.07 Å². The molecule has 21 heavy (non-hydrogen) atoms. The average Bonchev–Trinajstić information content (AvgIpc) is 2.47. The lowest BCUT2D eigenvalue weighted by Crippen LogP contribution is -2.35. The fourth-order valence-electron chi connectivity index (χ4n) is 2.93. The molecule has 0 aromatic heterocycles. The second kappa shape index (κ2) is 7.35. The fraction of sp³-hybridized carbons (Fsp3) is 0.571. The Morgan fingerprint density at radius 2 is 2.33 bits per heavy atom. The molecule has 1 unspecified atom stereocenters. The third kappa shape index (κ3) is 4.13. The van der Waals surface area contributed by atoms with Gasteiger partial charge in [0.2, 0.25) is 0 Å². The van der Waals surface area contributed by atoms with Gasteiger partial charge in [0.05, 0.1) is 4.92 Å². The minimum absolute atomic E-state index is 0.0157. The number of aliphatic hydroxyl groups excluding tert-OH is 1. The summed E-state index contributed by atoms with van der Waals surface area (Å²) in [5.74, 6) is 5.89. The van der Waals surface area contributed by atoms with Crippen molar-refractivity contribution in [2.45, 2.75) is 25.8 Å². The van der Waals surface area contributed by atoms with Crippen molar-refractivity contribution in [1.29, 1.82) is 0 Å². The molecule has 1 fully saturated rings. The third-order valence-electron chi connectivity index (χ3n) is 3.96. The molecular weight excluding hydrogens is 272 g/mol. The minimum atomic E-state index is -0.447. The molecule has 1 saturated heterocycles. The van der Waals surface area contributed by atoms with Crippen molar-refractivity contribution in [3.05, 3.63) is 33.9 Å². The lowest BCUT2D eigenvalue weighted by Gasteiger charge is -2.32. The van der Waals surface area contributed by atoms with Crippen LogP contribution >= 0.6 is 0 Å². The number of nitrogens with two attached hydrogens (primary N) is 1. The molecule has 116 valence electrons. The minimum Gasteiger partial charge on any atom is -0.396 e. The van der Waals surface area contributed by atoms with Crippen LogP contribution in [0, 0.1) is 16.0 Å². The number of nitrogens with one attached hydrogen (secondary N) is 1. The van der Waals surface area contributed by atoms with E-state index in [9.17, 15) is 10.1 Å². The maximum Gasteiger partial charge on any atom is 0.293 e. The summed E-state index contributed by atoms with van der Waals surface area (Å²) in [6.45, 7) is 2.96. The van der Waals surface area contributed by atoms with Crippen LogP contribution in [0.2, 0.25) is 0 Å². The first-order chi connectivity index (χ1) is 10.1. The molecule has 1 aliphatic heterocycles. The number of nitro groups is 1. The Morgan fingerprint density at radius 1 is 1.52 bits per heavy atom. The number of hydrazine groups is 1. The molecule has 1 heterocycles. The van der Waals surface area contributed by atoms with Crippen LogP contribution in [0.25, 0.3) is 0 Å². The normalized spacial score (nSPS) is 19.4. The van der Waals surface area contributed by atoms with Gasteiger partial charge in [-0.05, 0) is 43.4 Å². The van der Waals surface area contributed by atoms with E-state index in [1.54, 1.807) is 12.1 Å². The zero-order chi connectivity index (χ0) is 15.2. The van der Waals surface area contributed by atoms with Crippen LogP contribution in [-0.2, 0) is 6.54 Å². The van der Waals surface area contributed by atoms with Crippen molar-refractivity contribution < 1.29 is 10.0 Å². The van der Waals surface area contributed by atoms with Crippen LogP contribution in [0.4, 0.5) is 11.4 Å². The smallest absolute Gasteiger partial charge is 0.293 e. The number of hydrogen-bond donors (Lipinski definition) is 3. The lowest BCUT2D eigenvalue weighted by atomic mass is 9.95. The number of nitrogens with zero attached hydrogens (tertiary/aromatic N) is 2. The molecule has 1 aromatic carbocycles. The Bertz CT molecular complexity index is 493. The van der Waals surface area contributed by atoms with Crippen molar-refractivity contribution in [3.63, 3.8) is 0 Å². The summed E-state index contributed by atoms with van der Waals surface area (Å²) in [5.41, 5.74) is 3.71. The van der Waals surface area contributed by atoms with Gasteiger partial charge in [0, 0.05) is 25.8 Å². The summed E-state index contributed by atoms with van der Waals surface area (Å²) in [6.07, 6.45) is 3.12. The standard InChI is InChI=1S/C14H22N4O3/c15-16-13-8-12(3-4-14(13)18(20)21)10-17-6-1-2-11(9-17)5-7-19/h3-4,8,11,16,19H,1-2,5-7,9-10,15H2. The van der Waals surface area contributed by atoms with E-state index in [0.29, 0.717) is 11.6 Å². The first-order valence-electron chi connectivity index (χ1n) is 7.21. The highest BCUT2D eigenvalue weighted by Gasteiger charge is 2.20. The number of benzene rings is 1. The first kappa shape index (κ1) is 15.7. The molecule has 2 rings (SSSR count). The molecule has 7 nitrogen and oxygen atoms in total. The fourth-order valence-corrected chi connectivity index (χ4v) is 2.93. The molecule has 1 atom stereocenters. The van der Waals surface area contributed by atoms with Gasteiger partial charge in [-0.15, -0.1) is 0 Å². The quantitative estimate of drug-likeness (QED) is 0.417. The van der Waals surface area contributed by atoms with Crippen LogP contribution in [0.5, 0.6) is 0 Å². The van der Waals surface area contributed by atoms with Crippen molar-refractivity contribution in [2.24, 2.45) is 11.8 Å². The number of rotatable bonds is 6. The number of aliphatic hydroxyl groups is 1. The monoisotopic (exact) mass is 294 g/mol. The van der Waals surface area contributed by atoms with Gasteiger partial charge >= 0.3 is 0 Å². The number of hydrogen-bond acceptors (Lipinski definition) is 6.